The van der Waals surface area contributed by atoms with Crippen LogP contribution in [0.1, 0.15) is 151 Å². The van der Waals surface area contributed by atoms with E-state index in [1.54, 1.807) is 37.7 Å². The van der Waals surface area contributed by atoms with E-state index in [4.69, 9.17) is 9.47 Å². The van der Waals surface area contributed by atoms with Crippen LogP contribution >= 0.6 is 0 Å². The van der Waals surface area contributed by atoms with Crippen LogP contribution in [0.5, 0.6) is 0 Å². The molecule has 3 aliphatic carbocycles. The van der Waals surface area contributed by atoms with Gasteiger partial charge in [-0.1, -0.05) is 160 Å². The quantitative estimate of drug-likeness (QED) is 0.0305. The first-order valence-corrected chi connectivity index (χ1v) is 33.8. The molecule has 20 nitrogen and oxygen atoms in total. The number of hydrogen-bond donors (Lipinski definition) is 8. The number of likely N-dealkylation sites (N-methyl/N-ethyl adjacent to an activating group) is 2. The van der Waals surface area contributed by atoms with Gasteiger partial charge in [-0.3, -0.25) is 38.4 Å². The first-order chi connectivity index (χ1) is 44.7. The lowest BCUT2D eigenvalue weighted by molar-refractivity contribution is -0.143. The van der Waals surface area contributed by atoms with Gasteiger partial charge < -0.3 is 61.8 Å². The molecule has 5 fully saturated rings. The standard InChI is InChI=1S/C72H98N10O10/c1-47(73-3)65(83)79-63(53-31-19-9-20-32-53)71(89)81-41-57(39-61(81)69(87)77-59(51-27-15-7-16-28-51)45-91-43-49-23-11-5-12-24-49)75-67(85)55-35-37-56(38-36-55)68(86)76-58-40-62(82(42-58)72(90)64(54-33-21-10-22-34-54)80-66(84)48(2)74-4)70(88)78-60(52-29-17-8-18-30-52)46-92-44-50-25-13-6-14-26-50/h5-8,11-18,23-30,47-48,53-64,73-74H,9-10,19-22,31-46H2,1-4H3,(H,75,85)(H,76,86)(H,77,87)(H,78,88)(H,79,83)(H,80,84)/t47-,48-,55?,56?,57-,58-,59+,60+,61-,62-,63-,64-/m0/s1. The maximum Gasteiger partial charge on any atom is 0.246 e. The first kappa shape index (κ1) is 68.8. The smallest absolute Gasteiger partial charge is 0.246 e. The first-order valence-electron chi connectivity index (χ1n) is 33.8. The van der Waals surface area contributed by atoms with Crippen LogP contribution in [0.3, 0.4) is 0 Å². The third-order valence-corrected chi connectivity index (χ3v) is 19.8. The van der Waals surface area contributed by atoms with Crippen molar-refractivity contribution in [1.29, 1.82) is 0 Å². The molecule has 5 aliphatic rings. The van der Waals surface area contributed by atoms with Gasteiger partial charge in [0.05, 0.1) is 50.6 Å². The van der Waals surface area contributed by atoms with Gasteiger partial charge in [0.1, 0.15) is 24.2 Å². The minimum Gasteiger partial charge on any atom is -0.374 e. The monoisotopic (exact) mass is 1260 g/mol. The number of nitrogens with one attached hydrogen (secondary N) is 8. The van der Waals surface area contributed by atoms with Gasteiger partial charge in [-0.25, -0.2) is 0 Å². The average molecular weight is 1260 g/mol. The number of likely N-dealkylation sites (tertiary alicyclic amines) is 2. The molecule has 10 atom stereocenters. The van der Waals surface area contributed by atoms with Gasteiger partial charge in [0.2, 0.25) is 47.3 Å². The molecule has 2 heterocycles. The molecule has 92 heavy (non-hydrogen) atoms. The molecular formula is C72H98N10O10. The fourth-order valence-corrected chi connectivity index (χ4v) is 14.1. The highest BCUT2D eigenvalue weighted by atomic mass is 16.5. The Labute approximate surface area is 543 Å². The molecule has 4 aromatic rings. The highest BCUT2D eigenvalue weighted by Crippen LogP contribution is 2.35. The Balaban J connectivity index is 0.875. The van der Waals surface area contributed by atoms with Crippen LogP contribution in [-0.2, 0) is 61.0 Å². The fraction of sp³-hybridized carbons (Fsp3) is 0.556. The summed E-state index contributed by atoms with van der Waals surface area (Å²) in [6.07, 6.45) is 10.7. The molecule has 2 saturated heterocycles. The lowest BCUT2D eigenvalue weighted by atomic mass is 9.81. The molecule has 9 rings (SSSR count). The Morgan fingerprint density at radius 3 is 1.11 bits per heavy atom. The van der Waals surface area contributed by atoms with Gasteiger partial charge >= 0.3 is 0 Å². The molecule has 20 heteroatoms. The van der Waals surface area contributed by atoms with E-state index < -0.39 is 84.1 Å². The number of benzene rings is 4. The lowest BCUT2D eigenvalue weighted by Gasteiger charge is -2.35. The zero-order chi connectivity index (χ0) is 64.9. The summed E-state index contributed by atoms with van der Waals surface area (Å²) in [6, 6.07) is 31.5. The van der Waals surface area contributed by atoms with E-state index in [0.29, 0.717) is 38.9 Å². The van der Waals surface area contributed by atoms with Gasteiger partial charge in [0, 0.05) is 37.0 Å². The summed E-state index contributed by atoms with van der Waals surface area (Å²) < 4.78 is 12.4. The Kier molecular flexibility index (Phi) is 25.7. The Hall–Kier alpha value is -7.52. The van der Waals surface area contributed by atoms with E-state index in [1.807, 2.05) is 121 Å². The Bertz CT molecular complexity index is 2830. The van der Waals surface area contributed by atoms with Crippen molar-refractivity contribution in [3.05, 3.63) is 144 Å². The summed E-state index contributed by atoms with van der Waals surface area (Å²) in [4.78, 5) is 119. The SMILES string of the molecule is CN[C@@H](C)C(=O)N[C@H](C(=O)N1C[C@@H](NC(=O)C2CCC(C(=O)N[C@H]3C[C@@H](C(=O)N[C@H](COCc4ccccc4)c4ccccc4)N(C(=O)[C@@H](NC(=O)[C@H](C)NC)C4CCCCC4)C3)CC2)C[C@H]1C(=O)N[C@H](COCc1ccccc1)c1ccccc1)C1CCCCC1. The predicted octanol–water partition coefficient (Wildman–Crippen LogP) is 6.46. The maximum atomic E-state index is 15.2. The van der Waals surface area contributed by atoms with Gasteiger partial charge in [0.15, 0.2) is 0 Å². The topological polar surface area (TPSA) is 258 Å². The summed E-state index contributed by atoms with van der Waals surface area (Å²) in [5.41, 5.74) is 3.62. The molecule has 8 N–H and O–H groups in total. The summed E-state index contributed by atoms with van der Waals surface area (Å²) in [7, 11) is 3.38. The van der Waals surface area contributed by atoms with Crippen LogP contribution in [0, 0.1) is 23.7 Å². The fourth-order valence-electron chi connectivity index (χ4n) is 14.1. The molecule has 496 valence electrons. The zero-order valence-corrected chi connectivity index (χ0v) is 54.2. The second kappa shape index (κ2) is 34.4. The molecule has 0 spiro atoms. The summed E-state index contributed by atoms with van der Waals surface area (Å²) in [6.45, 7) is 4.56. The second-order valence-corrected chi connectivity index (χ2v) is 26.2. The van der Waals surface area contributed by atoms with Crippen molar-refractivity contribution >= 4 is 47.3 Å². The number of rotatable bonds is 28. The number of ether oxygens (including phenoxy) is 2. The Morgan fingerprint density at radius 2 is 0.772 bits per heavy atom. The van der Waals surface area contributed by atoms with Crippen LogP contribution in [-0.4, -0.2) is 146 Å². The van der Waals surface area contributed by atoms with Crippen LogP contribution in [0.25, 0.3) is 0 Å². The maximum absolute atomic E-state index is 15.2. The molecule has 0 bridgehead atoms. The second-order valence-electron chi connectivity index (χ2n) is 26.2. The lowest BCUT2D eigenvalue weighted by Crippen LogP contribution is -2.58. The molecule has 0 aromatic heterocycles. The van der Waals surface area contributed by atoms with Crippen molar-refractivity contribution in [3.8, 4) is 0 Å². The molecule has 3 saturated carbocycles. The van der Waals surface area contributed by atoms with Crippen LogP contribution in [0.2, 0.25) is 0 Å². The summed E-state index contributed by atoms with van der Waals surface area (Å²) in [5, 5.41) is 25.0. The van der Waals surface area contributed by atoms with Gasteiger partial charge in [0.25, 0.3) is 0 Å². The van der Waals surface area contributed by atoms with Crippen molar-refractivity contribution in [2.24, 2.45) is 23.7 Å². The van der Waals surface area contributed by atoms with E-state index >= 15 is 9.59 Å². The highest BCUT2D eigenvalue weighted by molar-refractivity contribution is 5.95. The van der Waals surface area contributed by atoms with Crippen molar-refractivity contribution in [3.63, 3.8) is 0 Å². The molecule has 8 amide bonds. The third kappa shape index (κ3) is 18.8. The molecular weight excluding hydrogens is 1160 g/mol. The Morgan fingerprint density at radius 1 is 0.435 bits per heavy atom. The molecule has 0 unspecified atom stereocenters. The molecule has 2 aliphatic heterocycles. The highest BCUT2D eigenvalue weighted by Gasteiger charge is 2.48. The number of carbonyl (C=O) groups excluding carboxylic acids is 8. The molecule has 4 aromatic carbocycles. The van der Waals surface area contributed by atoms with Crippen LogP contribution < -0.4 is 42.5 Å². The zero-order valence-electron chi connectivity index (χ0n) is 54.2. The predicted molar refractivity (Wildman–Crippen MR) is 350 cm³/mol. The summed E-state index contributed by atoms with van der Waals surface area (Å²) in [5.74, 6) is -3.73. The van der Waals surface area contributed by atoms with Gasteiger partial charge in [-0.2, -0.15) is 0 Å². The average Bonchev–Trinajstić information content (AvgIpc) is 1.75. The van der Waals surface area contributed by atoms with Crippen molar-refractivity contribution in [2.75, 3.05) is 40.4 Å². The van der Waals surface area contributed by atoms with Crippen LogP contribution in [0.15, 0.2) is 121 Å². The number of nitrogens with zero attached hydrogens (tertiary/aromatic N) is 2. The number of carbonyl (C=O) groups is 8. The molecule has 0 radical (unpaired) electrons. The van der Waals surface area contributed by atoms with E-state index in [0.717, 1.165) is 86.5 Å². The van der Waals surface area contributed by atoms with E-state index in [-0.39, 0.29) is 86.4 Å². The minimum absolute atomic E-state index is 0.0549. The van der Waals surface area contributed by atoms with Crippen molar-refractivity contribution in [2.45, 2.75) is 190 Å². The normalized spacial score (nSPS) is 23.2. The van der Waals surface area contributed by atoms with E-state index in [2.05, 4.69) is 42.5 Å². The minimum atomic E-state index is -0.979. The van der Waals surface area contributed by atoms with E-state index in [1.165, 1.54) is 0 Å². The van der Waals surface area contributed by atoms with Crippen molar-refractivity contribution in [1.82, 2.24) is 52.3 Å². The number of amides is 8. The summed E-state index contributed by atoms with van der Waals surface area (Å²) >= 11 is 0. The largest absolute Gasteiger partial charge is 0.374 e. The van der Waals surface area contributed by atoms with Crippen LogP contribution in [0.4, 0.5) is 0 Å². The van der Waals surface area contributed by atoms with Gasteiger partial charge in [-0.15, -0.1) is 0 Å². The van der Waals surface area contributed by atoms with Crippen molar-refractivity contribution < 1.29 is 47.8 Å². The van der Waals surface area contributed by atoms with E-state index in [9.17, 15) is 28.8 Å². The third-order valence-electron chi connectivity index (χ3n) is 19.8. The number of hydrogen-bond acceptors (Lipinski definition) is 12. The van der Waals surface area contributed by atoms with Gasteiger partial charge in [-0.05, 0) is 126 Å².